The highest BCUT2D eigenvalue weighted by Crippen LogP contribution is 2.39. The molecule has 1 saturated heterocycles. The Kier molecular flexibility index (Phi) is 12.1. The van der Waals surface area contributed by atoms with Crippen molar-refractivity contribution in [3.63, 3.8) is 0 Å². The number of H-pyrrole nitrogens is 1. The van der Waals surface area contributed by atoms with Gasteiger partial charge in [-0.2, -0.15) is 57.9 Å². The summed E-state index contributed by atoms with van der Waals surface area (Å²) < 4.78 is 155. The van der Waals surface area contributed by atoms with E-state index in [1.165, 1.54) is 23.1 Å². The number of nitrogens with one attached hydrogen (secondary N) is 1. The van der Waals surface area contributed by atoms with E-state index in [2.05, 4.69) is 4.98 Å². The number of nitrogens with zero attached hydrogens (tertiary/aromatic N) is 3. The molecule has 2 heterocycles. The highest BCUT2D eigenvalue weighted by Gasteiger charge is 2.47. The van der Waals surface area contributed by atoms with Crippen molar-refractivity contribution in [2.24, 2.45) is 0 Å². The molecule has 7 nitrogen and oxygen atoms in total. The van der Waals surface area contributed by atoms with Gasteiger partial charge >= 0.3 is 24.7 Å². The Bertz CT molecular complexity index is 1730. The number of hydrogen-bond donors (Lipinski definition) is 3. The average molecular weight is 735 g/mol. The molecule has 1 fully saturated rings. The molecule has 0 bridgehead atoms. The van der Waals surface area contributed by atoms with Gasteiger partial charge in [-0.05, 0) is 62.6 Å². The number of pyridine rings is 1. The number of fused-ring (bicyclic) bond motifs is 1. The first-order valence-corrected chi connectivity index (χ1v) is 14.8. The van der Waals surface area contributed by atoms with E-state index in [-0.39, 0.29) is 35.2 Å². The fourth-order valence-corrected chi connectivity index (χ4v) is 5.41. The normalized spacial score (nSPS) is 17.5. The van der Waals surface area contributed by atoms with Crippen LogP contribution in [-0.2, 0) is 12.4 Å². The molecule has 0 radical (unpaired) electrons. The molecule has 50 heavy (non-hydrogen) atoms. The molecule has 4 rings (SSSR count). The van der Waals surface area contributed by atoms with Gasteiger partial charge in [0.05, 0.1) is 35.3 Å². The van der Waals surface area contributed by atoms with Crippen molar-refractivity contribution in [3.8, 4) is 6.07 Å². The van der Waals surface area contributed by atoms with Gasteiger partial charge in [0.25, 0.3) is 0 Å². The summed E-state index contributed by atoms with van der Waals surface area (Å²) in [5.74, 6) is 0. The highest BCUT2D eigenvalue weighted by atomic mass is 19.4. The maximum atomic E-state index is 13.3. The van der Waals surface area contributed by atoms with Crippen molar-refractivity contribution in [2.75, 3.05) is 22.9 Å². The van der Waals surface area contributed by atoms with Crippen molar-refractivity contribution in [1.82, 2.24) is 4.98 Å². The lowest BCUT2D eigenvalue weighted by molar-refractivity contribution is -0.209. The minimum absolute atomic E-state index is 0.0159. The average Bonchev–Trinajstić information content (AvgIpc) is 3.50. The number of rotatable bonds is 7. The molecule has 0 saturated carbocycles. The Morgan fingerprint density at radius 1 is 0.920 bits per heavy atom. The summed E-state index contributed by atoms with van der Waals surface area (Å²) >= 11 is 0. The molecule has 19 heteroatoms. The van der Waals surface area contributed by atoms with Crippen LogP contribution in [0.2, 0.25) is 0 Å². The molecular weight excluding hydrogens is 704 g/mol. The summed E-state index contributed by atoms with van der Waals surface area (Å²) in [6.07, 6.45) is -23.9. The summed E-state index contributed by atoms with van der Waals surface area (Å²) in [5, 5.41) is 27.2. The number of halogens is 12. The number of nitriles is 1. The second-order valence-corrected chi connectivity index (χ2v) is 11.5. The predicted octanol–water partition coefficient (Wildman–Crippen LogP) is 7.54. The van der Waals surface area contributed by atoms with Crippen LogP contribution in [0.15, 0.2) is 47.3 Å². The van der Waals surface area contributed by atoms with Crippen LogP contribution < -0.4 is 15.4 Å². The number of benzene rings is 2. The van der Waals surface area contributed by atoms with E-state index in [1.54, 1.807) is 13.8 Å². The molecule has 3 aromatic rings. The van der Waals surface area contributed by atoms with Gasteiger partial charge in [-0.25, -0.2) is 0 Å². The Morgan fingerprint density at radius 3 is 2.06 bits per heavy atom. The van der Waals surface area contributed by atoms with Gasteiger partial charge in [0.15, 0.2) is 12.2 Å². The molecule has 1 aromatic heterocycles. The summed E-state index contributed by atoms with van der Waals surface area (Å²) in [5.41, 5.74) is -4.02. The van der Waals surface area contributed by atoms with Crippen LogP contribution >= 0.6 is 0 Å². The van der Waals surface area contributed by atoms with E-state index in [1.807, 2.05) is 0 Å². The molecule has 1 aliphatic heterocycles. The first kappa shape index (κ1) is 40.3. The summed E-state index contributed by atoms with van der Waals surface area (Å²) in [6.45, 7) is 2.58. The van der Waals surface area contributed by atoms with Gasteiger partial charge in [-0.1, -0.05) is 6.92 Å². The van der Waals surface area contributed by atoms with E-state index in [4.69, 9.17) is 5.26 Å². The SMILES string of the molecule is CC[C@@H](C)N(C[C@@H](O)C(F)(F)F)c1ccc2[nH]c(=O)cc(C(F)(F)F)c2c1.N#Cc1ccc(N2CCCC2C(O)C(F)(F)F)cc1C(F)(F)F. The third-order valence-corrected chi connectivity index (χ3v) is 8.09. The van der Waals surface area contributed by atoms with Crippen LogP contribution in [0, 0.1) is 11.3 Å². The standard InChI is InChI=1S/C17H18F6N2O2.C14H12F6N2O/c1-3-9(2)25(8-14(26)17(21,22)23)10-4-5-13-11(6-10)12(16(18,19)20)7-15(27)24-13;15-13(16,17)10-6-9(4-3-8(10)7-21)22-5-1-2-11(22)12(23)14(18,19)20/h4-7,9,14,26H,3,8H2,1-2H3,(H,24,27);3-4,6,11-12,23H,1-2,5H2/t9-,14-;/m1./s1. The van der Waals surface area contributed by atoms with Crippen molar-refractivity contribution >= 4 is 22.3 Å². The molecule has 0 amide bonds. The minimum Gasteiger partial charge on any atom is -0.382 e. The fourth-order valence-electron chi connectivity index (χ4n) is 5.41. The number of anilines is 2. The van der Waals surface area contributed by atoms with E-state index in [0.29, 0.717) is 25.0 Å². The van der Waals surface area contributed by atoms with Crippen LogP contribution in [0.1, 0.15) is 49.8 Å². The third-order valence-electron chi connectivity index (χ3n) is 8.09. The number of aromatic nitrogens is 1. The van der Waals surface area contributed by atoms with Crippen LogP contribution in [0.5, 0.6) is 0 Å². The second kappa shape index (κ2) is 15.0. The highest BCUT2D eigenvalue weighted by molar-refractivity contribution is 5.86. The van der Waals surface area contributed by atoms with Gasteiger partial charge in [-0.3, -0.25) is 4.79 Å². The Hall–Kier alpha value is -4.18. The number of alkyl halides is 12. The van der Waals surface area contributed by atoms with Gasteiger partial charge in [-0.15, -0.1) is 0 Å². The lowest BCUT2D eigenvalue weighted by Crippen LogP contribution is -2.47. The number of aliphatic hydroxyl groups excluding tert-OH is 2. The summed E-state index contributed by atoms with van der Waals surface area (Å²) in [6, 6.07) is 6.33. The van der Waals surface area contributed by atoms with Crippen molar-refractivity contribution in [1.29, 1.82) is 5.26 Å². The number of aliphatic hydroxyl groups is 2. The smallest absolute Gasteiger partial charge is 0.382 e. The summed E-state index contributed by atoms with van der Waals surface area (Å²) in [4.78, 5) is 16.0. The van der Waals surface area contributed by atoms with Gasteiger partial charge in [0.1, 0.15) is 0 Å². The Morgan fingerprint density at radius 2 is 1.54 bits per heavy atom. The quantitative estimate of drug-likeness (QED) is 0.217. The first-order chi connectivity index (χ1) is 22.9. The molecule has 3 N–H and O–H groups in total. The van der Waals surface area contributed by atoms with Crippen molar-refractivity contribution in [2.45, 2.75) is 82.1 Å². The Labute approximate surface area is 276 Å². The minimum atomic E-state index is -4.86. The van der Waals surface area contributed by atoms with Gasteiger partial charge in [0, 0.05) is 40.9 Å². The number of hydrogen-bond acceptors (Lipinski definition) is 6. The maximum Gasteiger partial charge on any atom is 0.417 e. The third kappa shape index (κ3) is 9.53. The van der Waals surface area contributed by atoms with Crippen LogP contribution in [0.3, 0.4) is 0 Å². The lowest BCUT2D eigenvalue weighted by atomic mass is 10.0. The number of aromatic amines is 1. The van der Waals surface area contributed by atoms with Gasteiger partial charge in [0.2, 0.25) is 5.56 Å². The molecule has 2 aromatic carbocycles. The fraction of sp³-hybridized carbons (Fsp3) is 0.484. The largest absolute Gasteiger partial charge is 0.417 e. The zero-order valence-corrected chi connectivity index (χ0v) is 26.1. The molecule has 4 atom stereocenters. The van der Waals surface area contributed by atoms with Crippen LogP contribution in [0.4, 0.5) is 64.1 Å². The molecule has 2 unspecified atom stereocenters. The maximum absolute atomic E-state index is 13.3. The van der Waals surface area contributed by atoms with Crippen LogP contribution in [-0.4, -0.2) is 64.9 Å². The van der Waals surface area contributed by atoms with Crippen molar-refractivity contribution in [3.05, 3.63) is 69.5 Å². The summed E-state index contributed by atoms with van der Waals surface area (Å²) in [7, 11) is 0. The monoisotopic (exact) mass is 734 g/mol. The molecule has 276 valence electrons. The van der Waals surface area contributed by atoms with E-state index in [0.717, 1.165) is 23.1 Å². The molecular formula is C31H30F12N4O3. The predicted molar refractivity (Wildman–Crippen MR) is 157 cm³/mol. The molecule has 0 aliphatic carbocycles. The van der Waals surface area contributed by atoms with E-state index >= 15 is 0 Å². The zero-order valence-electron chi connectivity index (χ0n) is 26.1. The topological polar surface area (TPSA) is 104 Å². The molecule has 0 spiro atoms. The zero-order chi connectivity index (χ0) is 38.0. The lowest BCUT2D eigenvalue weighted by Gasteiger charge is -2.33. The van der Waals surface area contributed by atoms with E-state index < -0.39 is 77.8 Å². The van der Waals surface area contributed by atoms with Crippen molar-refractivity contribution < 1.29 is 62.9 Å². The molecule has 1 aliphatic rings. The first-order valence-electron chi connectivity index (χ1n) is 14.8. The second-order valence-electron chi connectivity index (χ2n) is 11.5. The Balaban J connectivity index is 0.000000274. The van der Waals surface area contributed by atoms with E-state index in [9.17, 15) is 67.7 Å². The van der Waals surface area contributed by atoms with Gasteiger partial charge < -0.3 is 25.0 Å². The van der Waals surface area contributed by atoms with Crippen LogP contribution in [0.25, 0.3) is 10.9 Å².